The number of fused-ring (bicyclic) bond motifs is 5. The van der Waals surface area contributed by atoms with Crippen LogP contribution in [0.5, 0.6) is 0 Å². The number of hydrogen-bond donors (Lipinski definition) is 1. The summed E-state index contributed by atoms with van der Waals surface area (Å²) in [7, 11) is -3.45. The number of carbonyl (C=O) groups excluding carboxylic acids is 1. The van der Waals surface area contributed by atoms with Gasteiger partial charge in [-0.3, -0.25) is 9.36 Å². The minimum Gasteiger partial charge on any atom is -0.324 e. The van der Waals surface area contributed by atoms with Gasteiger partial charge in [-0.25, -0.2) is 0 Å². The van der Waals surface area contributed by atoms with Crippen molar-refractivity contribution in [1.29, 1.82) is 0 Å². The Morgan fingerprint density at radius 3 is 2.60 bits per heavy atom. The van der Waals surface area contributed by atoms with E-state index in [2.05, 4.69) is 13.8 Å². The molecule has 140 valence electrons. The molecule has 25 heavy (non-hydrogen) atoms. The molecule has 3 saturated carbocycles. The fourth-order valence-corrected chi connectivity index (χ4v) is 7.74. The summed E-state index contributed by atoms with van der Waals surface area (Å²) in [6.45, 7) is 5.99. The molecule has 7 unspecified atom stereocenters. The molecule has 0 aromatic heterocycles. The zero-order valence-electron chi connectivity index (χ0n) is 15.7. The van der Waals surface area contributed by atoms with E-state index < -0.39 is 7.60 Å². The highest BCUT2D eigenvalue weighted by Crippen LogP contribution is 2.66. The summed E-state index contributed by atoms with van der Waals surface area (Å²) in [5, 5.41) is 0. The average Bonchev–Trinajstić information content (AvgIpc) is 2.83. The number of hydrogen-bond acceptors (Lipinski definition) is 3. The molecule has 4 nitrogen and oxygen atoms in total. The first-order valence-electron chi connectivity index (χ1n) is 9.86. The lowest BCUT2D eigenvalue weighted by molar-refractivity contribution is -0.117. The molecule has 0 aromatic carbocycles. The van der Waals surface area contributed by atoms with Crippen LogP contribution in [0.4, 0.5) is 0 Å². The van der Waals surface area contributed by atoms with Gasteiger partial charge >= 0.3 is 7.60 Å². The molecule has 0 spiro atoms. The van der Waals surface area contributed by atoms with Crippen molar-refractivity contribution >= 4 is 13.4 Å². The number of allylic oxidation sites excluding steroid dienone is 1. The predicted molar refractivity (Wildman–Crippen MR) is 97.3 cm³/mol. The van der Waals surface area contributed by atoms with Crippen LogP contribution in [0, 0.1) is 28.6 Å². The van der Waals surface area contributed by atoms with E-state index in [9.17, 15) is 14.3 Å². The van der Waals surface area contributed by atoms with Gasteiger partial charge in [-0.15, -0.1) is 0 Å². The monoisotopic (exact) mass is 366 g/mol. The van der Waals surface area contributed by atoms with E-state index in [1.807, 2.05) is 6.08 Å². The van der Waals surface area contributed by atoms with E-state index in [-0.39, 0.29) is 16.9 Å². The third-order valence-corrected chi connectivity index (χ3v) is 8.84. The van der Waals surface area contributed by atoms with Gasteiger partial charge in [-0.1, -0.05) is 19.4 Å². The molecule has 0 saturated heterocycles. The zero-order valence-corrected chi connectivity index (χ0v) is 16.6. The Hall–Kier alpha value is -0.440. The van der Waals surface area contributed by atoms with Gasteiger partial charge in [-0.05, 0) is 79.6 Å². The van der Waals surface area contributed by atoms with Gasteiger partial charge in [0.15, 0.2) is 5.78 Å². The van der Waals surface area contributed by atoms with Crippen LogP contribution in [-0.2, 0) is 13.9 Å². The van der Waals surface area contributed by atoms with E-state index in [1.165, 1.54) is 12.2 Å². The minimum absolute atomic E-state index is 0.0254. The van der Waals surface area contributed by atoms with Gasteiger partial charge in [0.1, 0.15) is 0 Å². The Labute approximate surface area is 150 Å². The molecule has 0 amide bonds. The topological polar surface area (TPSA) is 63.6 Å². The van der Waals surface area contributed by atoms with Gasteiger partial charge < -0.3 is 9.42 Å². The fourth-order valence-electron chi connectivity index (χ4n) is 6.92. The Morgan fingerprint density at radius 2 is 1.88 bits per heavy atom. The smallest absolute Gasteiger partial charge is 0.324 e. The fraction of sp³-hybridized carbons (Fsp3) is 0.850. The summed E-state index contributed by atoms with van der Waals surface area (Å²) in [5.41, 5.74) is 1.61. The molecule has 7 atom stereocenters. The van der Waals surface area contributed by atoms with E-state index >= 15 is 0 Å². The van der Waals surface area contributed by atoms with Gasteiger partial charge in [-0.2, -0.15) is 0 Å². The third-order valence-electron chi connectivity index (χ3n) is 8.20. The minimum atomic E-state index is -3.45. The van der Waals surface area contributed by atoms with E-state index in [1.54, 1.807) is 0 Å². The number of ketones is 1. The molecule has 0 bridgehead atoms. The highest BCUT2D eigenvalue weighted by atomic mass is 31.2. The first-order valence-corrected chi connectivity index (χ1v) is 11.9. The van der Waals surface area contributed by atoms with Crippen molar-refractivity contribution in [3.8, 4) is 0 Å². The molecule has 0 radical (unpaired) electrons. The molecule has 0 aromatic rings. The molecular weight excluding hydrogens is 335 g/mol. The second kappa shape index (κ2) is 5.78. The second-order valence-electron chi connectivity index (χ2n) is 9.49. The van der Waals surface area contributed by atoms with E-state index in [4.69, 9.17) is 4.52 Å². The molecular formula is C20H31O4P. The quantitative estimate of drug-likeness (QED) is 0.718. The van der Waals surface area contributed by atoms with Crippen molar-refractivity contribution in [2.24, 2.45) is 28.6 Å². The largest absolute Gasteiger partial charge is 0.325 e. The van der Waals surface area contributed by atoms with Gasteiger partial charge in [0.25, 0.3) is 0 Å². The molecule has 3 fully saturated rings. The van der Waals surface area contributed by atoms with Crippen LogP contribution in [-0.4, -0.2) is 23.4 Å². The Bertz CT molecular complexity index is 665. The maximum atomic E-state index is 11.9. The third kappa shape index (κ3) is 2.80. The Morgan fingerprint density at radius 1 is 1.12 bits per heavy atom. The molecule has 4 aliphatic carbocycles. The van der Waals surface area contributed by atoms with Crippen LogP contribution in [0.15, 0.2) is 11.6 Å². The second-order valence-corrected chi connectivity index (χ2v) is 11.3. The summed E-state index contributed by atoms with van der Waals surface area (Å²) in [6, 6.07) is 0. The van der Waals surface area contributed by atoms with Crippen LogP contribution < -0.4 is 0 Å². The molecule has 5 heteroatoms. The van der Waals surface area contributed by atoms with E-state index in [0.29, 0.717) is 30.0 Å². The van der Waals surface area contributed by atoms with Crippen LogP contribution >= 0.6 is 7.60 Å². The summed E-state index contributed by atoms with van der Waals surface area (Å²) < 4.78 is 17.5. The Kier molecular flexibility index (Phi) is 4.15. The predicted octanol–water partition coefficient (Wildman–Crippen LogP) is 4.72. The summed E-state index contributed by atoms with van der Waals surface area (Å²) in [6.07, 6.45) is 10.0. The lowest BCUT2D eigenvalue weighted by Gasteiger charge is -2.58. The van der Waals surface area contributed by atoms with Crippen molar-refractivity contribution in [1.82, 2.24) is 0 Å². The van der Waals surface area contributed by atoms with Crippen LogP contribution in [0.1, 0.15) is 65.2 Å². The lowest BCUT2D eigenvalue weighted by atomic mass is 9.47. The van der Waals surface area contributed by atoms with Crippen LogP contribution in [0.3, 0.4) is 0 Å². The summed E-state index contributed by atoms with van der Waals surface area (Å²) >= 11 is 0. The maximum absolute atomic E-state index is 11.9. The van der Waals surface area contributed by atoms with Gasteiger partial charge in [0, 0.05) is 13.1 Å². The SMILES string of the molecule is CC12CCC(=O)C=C1CCC1C2CCC2(C)C(OP(C)(=O)O)CCC12. The lowest BCUT2D eigenvalue weighted by Crippen LogP contribution is -2.51. The van der Waals surface area contributed by atoms with Gasteiger partial charge in [0.2, 0.25) is 0 Å². The van der Waals surface area contributed by atoms with Crippen molar-refractivity contribution in [2.75, 3.05) is 6.66 Å². The summed E-state index contributed by atoms with van der Waals surface area (Å²) in [5.74, 6) is 2.21. The zero-order chi connectivity index (χ0) is 18.0. The van der Waals surface area contributed by atoms with Crippen molar-refractivity contribution in [3.05, 3.63) is 11.6 Å². The van der Waals surface area contributed by atoms with Gasteiger partial charge in [0.05, 0.1) is 6.10 Å². The summed E-state index contributed by atoms with van der Waals surface area (Å²) in [4.78, 5) is 21.6. The van der Waals surface area contributed by atoms with Crippen molar-refractivity contribution < 1.29 is 18.8 Å². The highest BCUT2D eigenvalue weighted by Gasteiger charge is 2.59. The molecule has 1 N–H and O–H groups in total. The number of carbonyl (C=O) groups is 1. The molecule has 4 rings (SSSR count). The standard InChI is InChI=1S/C20H31O4P/c1-19-10-8-14(21)12-13(19)4-5-15-16-6-7-18(24-25(3,22)23)20(16,2)11-9-17(15)19/h12,15-18H,4-11H2,1-3H3,(H,22,23). The highest BCUT2D eigenvalue weighted by molar-refractivity contribution is 7.51. The first-order chi connectivity index (χ1) is 11.6. The van der Waals surface area contributed by atoms with Crippen molar-refractivity contribution in [2.45, 2.75) is 71.3 Å². The molecule has 0 heterocycles. The Balaban J connectivity index is 1.61. The molecule has 4 aliphatic rings. The average molecular weight is 366 g/mol. The van der Waals surface area contributed by atoms with Crippen molar-refractivity contribution in [3.63, 3.8) is 0 Å². The maximum Gasteiger partial charge on any atom is 0.325 e. The number of rotatable bonds is 2. The first kappa shape index (κ1) is 17.9. The van der Waals surface area contributed by atoms with E-state index in [0.717, 1.165) is 44.9 Å². The van der Waals surface area contributed by atoms with Crippen LogP contribution in [0.25, 0.3) is 0 Å². The van der Waals surface area contributed by atoms with Crippen LogP contribution in [0.2, 0.25) is 0 Å². The normalized spacial score (nSPS) is 48.8. The molecule has 0 aliphatic heterocycles.